The number of hydrogen-bond donors (Lipinski definition) is 2. The molecule has 5 nitrogen and oxygen atoms in total. The Labute approximate surface area is 99.2 Å². The second-order valence-electron chi connectivity index (χ2n) is 4.28. The molecule has 2 unspecified atom stereocenters. The minimum absolute atomic E-state index is 0.166. The number of ether oxygens (including phenoxy) is 1. The summed E-state index contributed by atoms with van der Waals surface area (Å²) >= 11 is 0. The van der Waals surface area contributed by atoms with Gasteiger partial charge in [0.25, 0.3) is 5.91 Å². The summed E-state index contributed by atoms with van der Waals surface area (Å²) in [6.45, 7) is 3.39. The van der Waals surface area contributed by atoms with E-state index in [1.165, 1.54) is 18.3 Å². The molecule has 2 atom stereocenters. The van der Waals surface area contributed by atoms with Crippen molar-refractivity contribution in [2.45, 2.75) is 19.4 Å². The molecule has 1 aromatic rings. The number of carbonyl (C=O) groups is 1. The number of amides is 1. The van der Waals surface area contributed by atoms with Crippen molar-refractivity contribution in [1.29, 1.82) is 0 Å². The second kappa shape index (κ2) is 5.14. The topological polar surface area (TPSA) is 71.2 Å². The van der Waals surface area contributed by atoms with Crippen molar-refractivity contribution in [2.75, 3.05) is 13.2 Å². The van der Waals surface area contributed by atoms with Crippen LogP contribution in [0.15, 0.2) is 23.1 Å². The maximum atomic E-state index is 11.7. The van der Waals surface area contributed by atoms with Crippen molar-refractivity contribution < 1.29 is 9.53 Å². The Kier molecular flexibility index (Phi) is 3.58. The van der Waals surface area contributed by atoms with E-state index in [9.17, 15) is 9.59 Å². The van der Waals surface area contributed by atoms with Gasteiger partial charge in [-0.2, -0.15) is 0 Å². The fraction of sp³-hybridized carbons (Fsp3) is 0.500. The lowest BCUT2D eigenvalue weighted by atomic mass is 10.0. The molecule has 2 rings (SSSR count). The maximum Gasteiger partial charge on any atom is 0.252 e. The van der Waals surface area contributed by atoms with Gasteiger partial charge in [-0.25, -0.2) is 0 Å². The van der Waals surface area contributed by atoms with Crippen molar-refractivity contribution in [2.24, 2.45) is 5.92 Å². The van der Waals surface area contributed by atoms with Crippen molar-refractivity contribution >= 4 is 5.91 Å². The summed E-state index contributed by atoms with van der Waals surface area (Å²) in [5.41, 5.74) is 0.260. The van der Waals surface area contributed by atoms with E-state index in [1.807, 2.05) is 6.92 Å². The Balaban J connectivity index is 1.89. The summed E-state index contributed by atoms with van der Waals surface area (Å²) < 4.78 is 5.42. The van der Waals surface area contributed by atoms with Crippen molar-refractivity contribution in [3.63, 3.8) is 0 Å². The molecule has 92 valence electrons. The molecular weight excluding hydrogens is 220 g/mol. The minimum Gasteiger partial charge on any atom is -0.378 e. The van der Waals surface area contributed by atoms with E-state index < -0.39 is 0 Å². The van der Waals surface area contributed by atoms with Crippen LogP contribution in [-0.4, -0.2) is 30.1 Å². The molecule has 1 amide bonds. The third-order valence-electron chi connectivity index (χ3n) is 3.10. The van der Waals surface area contributed by atoms with Crippen LogP contribution in [0, 0.1) is 5.92 Å². The standard InChI is InChI=1S/C12H16N2O3/c1-8-9(4-5-17-8)6-14-12(16)10-2-3-11(15)13-7-10/h2-3,7-9H,4-6H2,1H3,(H,13,15)(H,14,16). The molecule has 0 spiro atoms. The fourth-order valence-electron chi connectivity index (χ4n) is 1.92. The Hall–Kier alpha value is -1.62. The first-order valence-electron chi connectivity index (χ1n) is 5.75. The lowest BCUT2D eigenvalue weighted by Crippen LogP contribution is -2.32. The van der Waals surface area contributed by atoms with E-state index in [1.54, 1.807) is 0 Å². The van der Waals surface area contributed by atoms with Gasteiger partial charge in [0, 0.05) is 31.3 Å². The highest BCUT2D eigenvalue weighted by Gasteiger charge is 2.24. The molecule has 1 fully saturated rings. The molecule has 0 aromatic carbocycles. The Morgan fingerprint density at radius 2 is 2.41 bits per heavy atom. The van der Waals surface area contributed by atoms with Gasteiger partial charge in [-0.3, -0.25) is 9.59 Å². The number of nitrogens with one attached hydrogen (secondary N) is 2. The molecular formula is C12H16N2O3. The van der Waals surface area contributed by atoms with Crippen LogP contribution in [0.5, 0.6) is 0 Å². The highest BCUT2D eigenvalue weighted by Crippen LogP contribution is 2.19. The predicted octanol–water partition coefficient (Wildman–Crippen LogP) is 0.530. The average molecular weight is 236 g/mol. The van der Waals surface area contributed by atoms with Gasteiger partial charge >= 0.3 is 0 Å². The average Bonchev–Trinajstić information content (AvgIpc) is 2.73. The van der Waals surface area contributed by atoms with E-state index in [2.05, 4.69) is 10.3 Å². The Bertz CT molecular complexity index is 435. The molecule has 1 saturated heterocycles. The van der Waals surface area contributed by atoms with Gasteiger partial charge in [0.1, 0.15) is 0 Å². The largest absolute Gasteiger partial charge is 0.378 e. The third kappa shape index (κ3) is 2.94. The molecule has 0 bridgehead atoms. The van der Waals surface area contributed by atoms with Crippen LogP contribution in [0.4, 0.5) is 0 Å². The van der Waals surface area contributed by atoms with Crippen molar-refractivity contribution in [1.82, 2.24) is 10.3 Å². The molecule has 0 aliphatic carbocycles. The van der Waals surface area contributed by atoms with E-state index in [0.717, 1.165) is 13.0 Å². The minimum atomic E-state index is -0.209. The molecule has 2 N–H and O–H groups in total. The number of aromatic amines is 1. The number of carbonyl (C=O) groups excluding carboxylic acids is 1. The highest BCUT2D eigenvalue weighted by molar-refractivity contribution is 5.93. The monoisotopic (exact) mass is 236 g/mol. The van der Waals surface area contributed by atoms with Gasteiger partial charge in [-0.1, -0.05) is 0 Å². The summed E-state index contributed by atoms with van der Waals surface area (Å²) in [7, 11) is 0. The first-order chi connectivity index (χ1) is 8.16. The van der Waals surface area contributed by atoms with Crippen LogP contribution in [0.3, 0.4) is 0 Å². The van der Waals surface area contributed by atoms with Crippen LogP contribution >= 0.6 is 0 Å². The van der Waals surface area contributed by atoms with Gasteiger partial charge in [-0.15, -0.1) is 0 Å². The normalized spacial score (nSPS) is 23.6. The molecule has 0 saturated carbocycles. The fourth-order valence-corrected chi connectivity index (χ4v) is 1.92. The van der Waals surface area contributed by atoms with Crippen LogP contribution < -0.4 is 10.9 Å². The van der Waals surface area contributed by atoms with E-state index >= 15 is 0 Å². The zero-order valence-corrected chi connectivity index (χ0v) is 9.73. The quantitative estimate of drug-likeness (QED) is 0.804. The zero-order valence-electron chi connectivity index (χ0n) is 9.73. The molecule has 2 heterocycles. The van der Waals surface area contributed by atoms with Crippen LogP contribution in [0.2, 0.25) is 0 Å². The first kappa shape index (κ1) is 11.9. The number of pyridine rings is 1. The van der Waals surface area contributed by atoms with Crippen molar-refractivity contribution in [3.05, 3.63) is 34.2 Å². The van der Waals surface area contributed by atoms with Crippen LogP contribution in [-0.2, 0) is 4.74 Å². The SMILES string of the molecule is CC1OCCC1CNC(=O)c1ccc(=O)[nH]c1. The Morgan fingerprint density at radius 1 is 1.59 bits per heavy atom. The van der Waals surface area contributed by atoms with Gasteiger partial charge in [0.2, 0.25) is 5.56 Å². The van der Waals surface area contributed by atoms with Gasteiger partial charge in [0.15, 0.2) is 0 Å². The summed E-state index contributed by atoms with van der Waals surface area (Å²) in [6.07, 6.45) is 2.60. The lowest BCUT2D eigenvalue weighted by molar-refractivity contribution is 0.0907. The summed E-state index contributed by atoms with van der Waals surface area (Å²) in [6, 6.07) is 2.86. The number of aromatic nitrogens is 1. The van der Waals surface area contributed by atoms with Crippen LogP contribution in [0.1, 0.15) is 23.7 Å². The maximum absolute atomic E-state index is 11.7. The molecule has 1 aliphatic rings. The highest BCUT2D eigenvalue weighted by atomic mass is 16.5. The van der Waals surface area contributed by atoms with Gasteiger partial charge in [-0.05, 0) is 19.4 Å². The molecule has 17 heavy (non-hydrogen) atoms. The van der Waals surface area contributed by atoms with E-state index in [4.69, 9.17) is 4.74 Å². The van der Waals surface area contributed by atoms with E-state index in [0.29, 0.717) is 18.0 Å². The number of rotatable bonds is 3. The Morgan fingerprint density at radius 3 is 3.00 bits per heavy atom. The molecule has 5 heteroatoms. The summed E-state index contributed by atoms with van der Waals surface area (Å²) in [4.78, 5) is 25.1. The third-order valence-corrected chi connectivity index (χ3v) is 3.10. The van der Waals surface area contributed by atoms with Gasteiger partial charge < -0.3 is 15.0 Å². The summed E-state index contributed by atoms with van der Waals surface area (Å²) in [5, 5.41) is 2.85. The molecule has 1 aromatic heterocycles. The second-order valence-corrected chi connectivity index (χ2v) is 4.28. The molecule has 1 aliphatic heterocycles. The van der Waals surface area contributed by atoms with Crippen LogP contribution in [0.25, 0.3) is 0 Å². The van der Waals surface area contributed by atoms with Crippen molar-refractivity contribution in [3.8, 4) is 0 Å². The zero-order chi connectivity index (χ0) is 12.3. The van der Waals surface area contributed by atoms with E-state index in [-0.39, 0.29) is 17.6 Å². The molecule has 0 radical (unpaired) electrons. The number of hydrogen-bond acceptors (Lipinski definition) is 3. The number of H-pyrrole nitrogens is 1. The lowest BCUT2D eigenvalue weighted by Gasteiger charge is -2.14. The predicted molar refractivity (Wildman–Crippen MR) is 62.9 cm³/mol. The smallest absolute Gasteiger partial charge is 0.252 e. The first-order valence-corrected chi connectivity index (χ1v) is 5.75. The van der Waals surface area contributed by atoms with Gasteiger partial charge in [0.05, 0.1) is 11.7 Å². The summed E-state index contributed by atoms with van der Waals surface area (Å²) in [5.74, 6) is 0.210.